The molecule has 0 aromatic heterocycles. The number of benzene rings is 2. The van der Waals surface area contributed by atoms with Gasteiger partial charge in [-0.15, -0.1) is 0 Å². The molecule has 0 saturated heterocycles. The Labute approximate surface area is 188 Å². The molecule has 0 radical (unpaired) electrons. The van der Waals surface area contributed by atoms with Gasteiger partial charge in [0.05, 0.1) is 19.2 Å². The van der Waals surface area contributed by atoms with E-state index < -0.39 is 30.8 Å². The molecule has 32 heavy (non-hydrogen) atoms. The van der Waals surface area contributed by atoms with Gasteiger partial charge in [-0.3, -0.25) is 4.79 Å². The normalized spacial score (nSPS) is 17.2. The smallest absolute Gasteiger partial charge is 0.374 e. The van der Waals surface area contributed by atoms with Gasteiger partial charge < -0.3 is 19.9 Å². The summed E-state index contributed by atoms with van der Waals surface area (Å²) in [6, 6.07) is 9.65. The molecule has 1 aliphatic rings. The van der Waals surface area contributed by atoms with E-state index in [2.05, 4.69) is 5.23 Å². The van der Waals surface area contributed by atoms with Gasteiger partial charge in [0.1, 0.15) is 17.4 Å². The molecule has 2 aromatic rings. The van der Waals surface area contributed by atoms with E-state index in [0.717, 1.165) is 17.7 Å². The molecule has 0 fully saturated rings. The molecule has 0 bridgehead atoms. The molecule has 8 heteroatoms. The SMILES string of the molecule is COc1cccc(C2C=C(c3cc(F)ccc3F)CCN2C(=O)[C@@H](NB(C)O)C(C)C)c1. The number of amides is 1. The molecule has 170 valence electrons. The van der Waals surface area contributed by atoms with E-state index in [-0.39, 0.29) is 17.4 Å². The van der Waals surface area contributed by atoms with Crippen LogP contribution in [-0.2, 0) is 4.79 Å². The zero-order valence-corrected chi connectivity index (χ0v) is 18.8. The molecule has 2 N–H and O–H groups in total. The molecule has 5 nitrogen and oxygen atoms in total. The minimum Gasteiger partial charge on any atom is -0.497 e. The third-order valence-corrected chi connectivity index (χ3v) is 5.66. The summed E-state index contributed by atoms with van der Waals surface area (Å²) in [6.45, 7) is 5.72. The number of rotatable bonds is 7. The summed E-state index contributed by atoms with van der Waals surface area (Å²) < 4.78 is 33.7. The van der Waals surface area contributed by atoms with E-state index in [1.165, 1.54) is 6.07 Å². The number of nitrogens with one attached hydrogen (secondary N) is 1. The van der Waals surface area contributed by atoms with Crippen LogP contribution in [0.5, 0.6) is 5.75 Å². The largest absolute Gasteiger partial charge is 0.497 e. The first-order valence-electron chi connectivity index (χ1n) is 10.8. The Kier molecular flexibility index (Phi) is 7.69. The van der Waals surface area contributed by atoms with Gasteiger partial charge >= 0.3 is 7.05 Å². The van der Waals surface area contributed by atoms with Crippen LogP contribution < -0.4 is 9.96 Å². The third kappa shape index (κ3) is 5.37. The summed E-state index contributed by atoms with van der Waals surface area (Å²) in [5.74, 6) is -0.606. The van der Waals surface area contributed by atoms with Crippen molar-refractivity contribution >= 4 is 18.5 Å². The second-order valence-corrected chi connectivity index (χ2v) is 8.38. The molecule has 1 heterocycles. The lowest BCUT2D eigenvalue weighted by atomic mass is 9.84. The van der Waals surface area contributed by atoms with Crippen LogP contribution in [0.25, 0.3) is 5.57 Å². The highest BCUT2D eigenvalue weighted by Gasteiger charge is 2.35. The third-order valence-electron chi connectivity index (χ3n) is 5.66. The summed E-state index contributed by atoms with van der Waals surface area (Å²) >= 11 is 0. The summed E-state index contributed by atoms with van der Waals surface area (Å²) in [7, 11) is 0.715. The van der Waals surface area contributed by atoms with E-state index in [1.807, 2.05) is 38.1 Å². The highest BCUT2D eigenvalue weighted by molar-refractivity contribution is 6.46. The number of halogens is 2. The van der Waals surface area contributed by atoms with E-state index in [9.17, 15) is 18.6 Å². The standard InChI is InChI=1S/C24H29BF2N2O3/c1-15(2)23(28-25(3)31)24(30)29-11-10-16(20-14-18(26)8-9-21(20)27)13-22(29)17-6-5-7-19(12-17)32-4/h5-9,12-15,22-23,28,31H,10-11H2,1-4H3/t22?,23-/m0/s1. The Morgan fingerprint density at radius 1 is 1.25 bits per heavy atom. The average Bonchev–Trinajstić information content (AvgIpc) is 2.78. The molecule has 1 aliphatic heterocycles. The second-order valence-electron chi connectivity index (χ2n) is 8.38. The van der Waals surface area contributed by atoms with Crippen LogP contribution >= 0.6 is 0 Å². The zero-order valence-electron chi connectivity index (χ0n) is 18.8. The predicted molar refractivity (Wildman–Crippen MR) is 122 cm³/mol. The van der Waals surface area contributed by atoms with E-state index in [0.29, 0.717) is 24.3 Å². The maximum absolute atomic E-state index is 14.5. The van der Waals surface area contributed by atoms with Crippen molar-refractivity contribution in [2.75, 3.05) is 13.7 Å². The highest BCUT2D eigenvalue weighted by Crippen LogP contribution is 2.36. The Hall–Kier alpha value is -2.71. The maximum Gasteiger partial charge on any atom is 0.374 e. The minimum atomic E-state index is -0.848. The second kappa shape index (κ2) is 10.3. The summed E-state index contributed by atoms with van der Waals surface area (Å²) in [6.07, 6.45) is 2.19. The monoisotopic (exact) mass is 442 g/mol. The first-order chi connectivity index (χ1) is 15.2. The van der Waals surface area contributed by atoms with E-state index >= 15 is 0 Å². The fraction of sp³-hybridized carbons (Fsp3) is 0.375. The van der Waals surface area contributed by atoms with Gasteiger partial charge in [-0.05, 0) is 60.6 Å². The Bertz CT molecular complexity index is 997. The summed E-state index contributed by atoms with van der Waals surface area (Å²) in [5, 5.41) is 12.8. The van der Waals surface area contributed by atoms with Crippen molar-refractivity contribution in [3.63, 3.8) is 0 Å². The van der Waals surface area contributed by atoms with Crippen LogP contribution in [0, 0.1) is 17.6 Å². The van der Waals surface area contributed by atoms with Crippen molar-refractivity contribution in [1.82, 2.24) is 10.1 Å². The quantitative estimate of drug-likeness (QED) is 0.636. The van der Waals surface area contributed by atoms with E-state index in [4.69, 9.17) is 4.74 Å². The van der Waals surface area contributed by atoms with Crippen LogP contribution in [0.4, 0.5) is 8.78 Å². The number of hydrogen-bond acceptors (Lipinski definition) is 4. The number of hydrogen-bond donors (Lipinski definition) is 2. The number of carbonyl (C=O) groups excluding carboxylic acids is 1. The summed E-state index contributed by atoms with van der Waals surface area (Å²) in [4.78, 5) is 15.3. The fourth-order valence-electron chi connectivity index (χ4n) is 4.05. The summed E-state index contributed by atoms with van der Waals surface area (Å²) in [5.41, 5.74) is 1.64. The van der Waals surface area contributed by atoms with Crippen molar-refractivity contribution in [3.8, 4) is 5.75 Å². The molecule has 0 spiro atoms. The maximum atomic E-state index is 14.5. The molecule has 0 aliphatic carbocycles. The highest BCUT2D eigenvalue weighted by atomic mass is 19.1. The Morgan fingerprint density at radius 3 is 2.66 bits per heavy atom. The number of ether oxygens (including phenoxy) is 1. The van der Waals surface area contributed by atoms with Gasteiger partial charge in [-0.2, -0.15) is 0 Å². The molecular formula is C24H29BF2N2O3. The van der Waals surface area contributed by atoms with Crippen LogP contribution in [0.3, 0.4) is 0 Å². The molecule has 2 atom stereocenters. The van der Waals surface area contributed by atoms with Gasteiger partial charge in [0.25, 0.3) is 0 Å². The Balaban J connectivity index is 2.06. The number of nitrogens with zero attached hydrogens (tertiary/aromatic N) is 1. The molecule has 3 rings (SSSR count). The van der Waals surface area contributed by atoms with Crippen LogP contribution in [0.1, 0.15) is 37.4 Å². The topological polar surface area (TPSA) is 61.8 Å². The average molecular weight is 442 g/mol. The van der Waals surface area contributed by atoms with Crippen LogP contribution in [0.15, 0.2) is 48.5 Å². The number of carbonyl (C=O) groups is 1. The van der Waals surface area contributed by atoms with Crippen molar-refractivity contribution in [1.29, 1.82) is 0 Å². The molecule has 1 amide bonds. The molecule has 1 unspecified atom stereocenters. The predicted octanol–water partition coefficient (Wildman–Crippen LogP) is 4.05. The van der Waals surface area contributed by atoms with Crippen molar-refractivity contribution in [2.45, 2.75) is 39.2 Å². The van der Waals surface area contributed by atoms with Gasteiger partial charge in [-0.1, -0.05) is 32.1 Å². The lowest BCUT2D eigenvalue weighted by Crippen LogP contribution is -2.54. The van der Waals surface area contributed by atoms with Gasteiger partial charge in [0.2, 0.25) is 5.91 Å². The van der Waals surface area contributed by atoms with Gasteiger partial charge in [-0.25, -0.2) is 8.78 Å². The number of methoxy groups -OCH3 is 1. The van der Waals surface area contributed by atoms with Crippen molar-refractivity contribution in [3.05, 3.63) is 71.3 Å². The lowest BCUT2D eigenvalue weighted by Gasteiger charge is -2.38. The van der Waals surface area contributed by atoms with Crippen molar-refractivity contribution in [2.24, 2.45) is 5.92 Å². The minimum absolute atomic E-state index is 0.0610. The molecule has 0 saturated carbocycles. The Morgan fingerprint density at radius 2 is 2.00 bits per heavy atom. The van der Waals surface area contributed by atoms with Crippen LogP contribution in [0.2, 0.25) is 6.82 Å². The molecular weight excluding hydrogens is 413 g/mol. The van der Waals surface area contributed by atoms with E-state index in [1.54, 1.807) is 24.9 Å². The van der Waals surface area contributed by atoms with Gasteiger partial charge in [0.15, 0.2) is 0 Å². The molecule has 2 aromatic carbocycles. The van der Waals surface area contributed by atoms with Crippen LogP contribution in [-0.4, -0.2) is 42.6 Å². The first-order valence-corrected chi connectivity index (χ1v) is 10.8. The fourth-order valence-corrected chi connectivity index (χ4v) is 4.05. The lowest BCUT2D eigenvalue weighted by molar-refractivity contribution is -0.135. The zero-order chi connectivity index (χ0) is 23.4. The van der Waals surface area contributed by atoms with Crippen molar-refractivity contribution < 1.29 is 23.3 Å². The van der Waals surface area contributed by atoms with Gasteiger partial charge in [0, 0.05) is 12.1 Å². The first kappa shape index (κ1) is 23.9.